The molecule has 344 valence electrons. The third kappa shape index (κ3) is 40.2. The summed E-state index contributed by atoms with van der Waals surface area (Å²) in [5.41, 5.74) is 0. The van der Waals surface area contributed by atoms with Gasteiger partial charge in [0, 0.05) is 0 Å². The molecule has 0 rings (SSSR count). The quantitative estimate of drug-likeness (QED) is 0.0310. The van der Waals surface area contributed by atoms with E-state index in [1.54, 1.807) is 0 Å². The minimum absolute atomic E-state index is 0.358. The second-order valence-corrected chi connectivity index (χ2v) is 17.9. The minimum Gasteiger partial charge on any atom is -0.394 e. The van der Waals surface area contributed by atoms with Crippen LogP contribution in [0.3, 0.4) is 0 Å². The molecule has 0 spiro atoms. The van der Waals surface area contributed by atoms with Crippen LogP contribution in [0.5, 0.6) is 0 Å². The van der Waals surface area contributed by atoms with E-state index in [-0.39, 0.29) is 0 Å². The molecule has 0 aliphatic rings. The Morgan fingerprint density at radius 2 is 0.741 bits per heavy atom. The maximum atomic E-state index is 12.5. The monoisotopic (exact) mass is 820 g/mol. The van der Waals surface area contributed by atoms with Crippen LogP contribution in [0.25, 0.3) is 0 Å². The lowest BCUT2D eigenvalue weighted by molar-refractivity contribution is -0.132. The van der Waals surface area contributed by atoms with Crippen LogP contribution in [0, 0.1) is 0 Å². The van der Waals surface area contributed by atoms with Crippen LogP contribution in [-0.2, 0) is 4.79 Å². The van der Waals surface area contributed by atoms with Gasteiger partial charge in [0.25, 0.3) is 0 Å². The number of carbonyl (C=O) groups is 1. The summed E-state index contributed by atoms with van der Waals surface area (Å²) < 4.78 is 0. The van der Waals surface area contributed by atoms with Gasteiger partial charge in [-0.25, -0.2) is 0 Å². The van der Waals surface area contributed by atoms with E-state index in [0.29, 0.717) is 12.8 Å². The third-order valence-corrected chi connectivity index (χ3v) is 12.2. The van der Waals surface area contributed by atoms with Gasteiger partial charge in [0.2, 0.25) is 5.91 Å². The number of amides is 1. The molecule has 0 radical (unpaired) electrons. The molecule has 0 aliphatic heterocycles. The minimum atomic E-state index is -1.26. The number of unbranched alkanes of at least 4 members (excludes halogenated alkanes) is 34. The summed E-state index contributed by atoms with van der Waals surface area (Å²) in [5.74, 6) is -0.590. The van der Waals surface area contributed by atoms with Crippen molar-refractivity contribution in [3.63, 3.8) is 0 Å². The molecular formula is C52H101NO5. The molecule has 0 aromatic heterocycles. The maximum Gasteiger partial charge on any atom is 0.249 e. The molecule has 0 bridgehead atoms. The lowest BCUT2D eigenvalue weighted by atomic mass is 9.99. The van der Waals surface area contributed by atoms with E-state index in [0.717, 1.165) is 57.8 Å². The van der Waals surface area contributed by atoms with Gasteiger partial charge in [-0.15, -0.1) is 0 Å². The van der Waals surface area contributed by atoms with Crippen LogP contribution in [0.4, 0.5) is 0 Å². The molecule has 5 N–H and O–H groups in total. The standard InChI is InChI=1S/C52H101NO5/c1-3-5-7-9-11-13-15-17-19-21-22-23-24-25-26-27-28-29-30-32-33-35-37-39-41-43-45-49(55)51(57)48(47-54)53-52(58)50(56)46-44-42-40-38-36-34-31-20-18-16-14-12-10-8-6-4-2/h12,14,18,20,48-51,54-57H,3-11,13,15-17,19,21-47H2,1-2H3,(H,53,58)/b14-12-,20-18-. The van der Waals surface area contributed by atoms with Gasteiger partial charge in [-0.3, -0.25) is 4.79 Å². The molecular weight excluding hydrogens is 719 g/mol. The van der Waals surface area contributed by atoms with Crippen LogP contribution >= 0.6 is 0 Å². The van der Waals surface area contributed by atoms with Crippen LogP contribution in [0.1, 0.15) is 271 Å². The summed E-state index contributed by atoms with van der Waals surface area (Å²) in [6.07, 6.45) is 55.1. The van der Waals surface area contributed by atoms with E-state index in [2.05, 4.69) is 43.5 Å². The third-order valence-electron chi connectivity index (χ3n) is 12.2. The molecule has 0 saturated carbocycles. The molecule has 0 aliphatic carbocycles. The first-order valence-corrected chi connectivity index (χ1v) is 25.7. The number of hydrogen-bond acceptors (Lipinski definition) is 5. The highest BCUT2D eigenvalue weighted by molar-refractivity contribution is 5.80. The molecule has 0 fully saturated rings. The van der Waals surface area contributed by atoms with Gasteiger partial charge in [-0.05, 0) is 44.9 Å². The molecule has 0 heterocycles. The predicted molar refractivity (Wildman–Crippen MR) is 251 cm³/mol. The van der Waals surface area contributed by atoms with E-state index >= 15 is 0 Å². The lowest BCUT2D eigenvalue weighted by Gasteiger charge is -2.27. The van der Waals surface area contributed by atoms with Crippen molar-refractivity contribution in [3.8, 4) is 0 Å². The number of allylic oxidation sites excluding steroid dienone is 4. The van der Waals surface area contributed by atoms with Crippen molar-refractivity contribution < 1.29 is 25.2 Å². The van der Waals surface area contributed by atoms with Gasteiger partial charge in [0.05, 0.1) is 18.8 Å². The smallest absolute Gasteiger partial charge is 0.249 e. The Hall–Kier alpha value is -1.21. The van der Waals surface area contributed by atoms with Crippen molar-refractivity contribution in [1.82, 2.24) is 5.32 Å². The van der Waals surface area contributed by atoms with Crippen molar-refractivity contribution in [2.75, 3.05) is 6.61 Å². The maximum absolute atomic E-state index is 12.5. The van der Waals surface area contributed by atoms with Crippen molar-refractivity contribution in [3.05, 3.63) is 24.3 Å². The number of hydrogen-bond donors (Lipinski definition) is 5. The topological polar surface area (TPSA) is 110 Å². The summed E-state index contributed by atoms with van der Waals surface area (Å²) in [6, 6.07) is -0.989. The number of rotatable bonds is 47. The fraction of sp³-hybridized carbons (Fsp3) is 0.904. The average Bonchev–Trinajstić information content (AvgIpc) is 3.23. The van der Waals surface area contributed by atoms with Gasteiger partial charge in [-0.1, -0.05) is 250 Å². The van der Waals surface area contributed by atoms with Gasteiger partial charge in [-0.2, -0.15) is 0 Å². The molecule has 6 nitrogen and oxygen atoms in total. The normalized spacial score (nSPS) is 14.1. The van der Waals surface area contributed by atoms with Crippen molar-refractivity contribution in [2.45, 2.75) is 295 Å². The number of carbonyl (C=O) groups excluding carboxylic acids is 1. The van der Waals surface area contributed by atoms with E-state index in [1.165, 1.54) is 186 Å². The number of aliphatic hydroxyl groups is 4. The Bertz CT molecular complexity index is 878. The zero-order valence-corrected chi connectivity index (χ0v) is 38.8. The Kier molecular flexibility index (Phi) is 45.9. The van der Waals surface area contributed by atoms with Gasteiger partial charge in [0.15, 0.2) is 0 Å². The molecule has 0 aromatic rings. The van der Waals surface area contributed by atoms with Crippen molar-refractivity contribution in [1.29, 1.82) is 0 Å². The summed E-state index contributed by atoms with van der Waals surface area (Å²) in [7, 11) is 0. The molecule has 1 amide bonds. The van der Waals surface area contributed by atoms with Crippen LogP contribution in [0.15, 0.2) is 24.3 Å². The highest BCUT2D eigenvalue weighted by Crippen LogP contribution is 2.18. The van der Waals surface area contributed by atoms with Crippen LogP contribution in [0.2, 0.25) is 0 Å². The van der Waals surface area contributed by atoms with E-state index < -0.39 is 36.9 Å². The molecule has 4 unspecified atom stereocenters. The molecule has 6 heteroatoms. The molecule has 4 atom stereocenters. The fourth-order valence-electron chi connectivity index (χ4n) is 8.08. The molecule has 58 heavy (non-hydrogen) atoms. The van der Waals surface area contributed by atoms with Crippen molar-refractivity contribution in [2.24, 2.45) is 0 Å². The van der Waals surface area contributed by atoms with Gasteiger partial charge < -0.3 is 25.7 Å². The zero-order chi connectivity index (χ0) is 42.4. The summed E-state index contributed by atoms with van der Waals surface area (Å²) in [4.78, 5) is 12.5. The lowest BCUT2D eigenvalue weighted by Crippen LogP contribution is -2.53. The predicted octanol–water partition coefficient (Wildman–Crippen LogP) is 14.3. The van der Waals surface area contributed by atoms with E-state index in [4.69, 9.17) is 0 Å². The first kappa shape index (κ1) is 56.8. The number of aliphatic hydroxyl groups excluding tert-OH is 4. The second-order valence-electron chi connectivity index (χ2n) is 17.9. The summed E-state index contributed by atoms with van der Waals surface area (Å²) in [5, 5.41) is 43.9. The Morgan fingerprint density at radius 3 is 1.12 bits per heavy atom. The highest BCUT2D eigenvalue weighted by atomic mass is 16.3. The first-order chi connectivity index (χ1) is 28.5. The van der Waals surface area contributed by atoms with Crippen molar-refractivity contribution >= 4 is 5.91 Å². The summed E-state index contributed by atoms with van der Waals surface area (Å²) in [6.45, 7) is 4.04. The highest BCUT2D eigenvalue weighted by Gasteiger charge is 2.28. The van der Waals surface area contributed by atoms with Crippen LogP contribution < -0.4 is 5.32 Å². The fourth-order valence-corrected chi connectivity index (χ4v) is 8.08. The average molecular weight is 820 g/mol. The Balaban J connectivity index is 3.63. The van der Waals surface area contributed by atoms with Gasteiger partial charge >= 0.3 is 0 Å². The second kappa shape index (κ2) is 46.8. The first-order valence-electron chi connectivity index (χ1n) is 25.7. The van der Waals surface area contributed by atoms with E-state index in [9.17, 15) is 25.2 Å². The largest absolute Gasteiger partial charge is 0.394 e. The summed E-state index contributed by atoms with van der Waals surface area (Å²) >= 11 is 0. The Morgan fingerprint density at radius 1 is 0.431 bits per heavy atom. The SMILES string of the molecule is CCCCC/C=C\C/C=C\CCCCCCCCC(O)C(=O)NC(CO)C(O)C(O)CCCCCCCCCCCCCCCCCCCCCCCCCCCC. The van der Waals surface area contributed by atoms with Gasteiger partial charge in [0.1, 0.15) is 12.2 Å². The molecule has 0 saturated heterocycles. The van der Waals surface area contributed by atoms with Crippen LogP contribution in [-0.4, -0.2) is 57.3 Å². The van der Waals surface area contributed by atoms with E-state index in [1.807, 2.05) is 0 Å². The molecule has 0 aromatic carbocycles. The number of nitrogens with one attached hydrogen (secondary N) is 1. The zero-order valence-electron chi connectivity index (χ0n) is 38.8. The Labute approximate surface area is 361 Å².